The van der Waals surface area contributed by atoms with Crippen molar-refractivity contribution in [3.8, 4) is 0 Å². The Bertz CT molecular complexity index is 457. The third kappa shape index (κ3) is 2.56. The second-order valence-corrected chi connectivity index (χ2v) is 5.13. The average molecular weight is 250 g/mol. The maximum Gasteiger partial charge on any atom is 0.293 e. The normalized spacial score (nSPS) is 24.3. The molecule has 0 amide bonds. The second-order valence-electron chi connectivity index (χ2n) is 5.13. The Morgan fingerprint density at radius 1 is 1.56 bits per heavy atom. The molecule has 1 aliphatic heterocycles. The topological polar surface area (TPSA) is 64.2 Å². The van der Waals surface area contributed by atoms with Gasteiger partial charge in [-0.15, -0.1) is 0 Å². The highest BCUT2D eigenvalue weighted by Crippen LogP contribution is 2.18. The lowest BCUT2D eigenvalue weighted by molar-refractivity contribution is 0.377. The summed E-state index contributed by atoms with van der Waals surface area (Å²) in [4.78, 5) is 18.5. The number of aromatic nitrogens is 2. The van der Waals surface area contributed by atoms with Crippen molar-refractivity contribution in [3.05, 3.63) is 22.7 Å². The third-order valence-corrected chi connectivity index (χ3v) is 3.68. The zero-order chi connectivity index (χ0) is 13.1. The first-order valence-electron chi connectivity index (χ1n) is 6.69. The lowest BCUT2D eigenvalue weighted by atomic mass is 9.94. The van der Waals surface area contributed by atoms with Gasteiger partial charge in [0.05, 0.1) is 0 Å². The fourth-order valence-corrected chi connectivity index (χ4v) is 2.36. The number of anilines is 1. The van der Waals surface area contributed by atoms with Crippen LogP contribution in [-0.4, -0.2) is 28.7 Å². The van der Waals surface area contributed by atoms with E-state index < -0.39 is 0 Å². The van der Waals surface area contributed by atoms with Crippen LogP contribution in [0.25, 0.3) is 0 Å². The number of nitrogens with zero attached hydrogens (tertiary/aromatic N) is 3. The number of hydrogen-bond acceptors (Lipinski definition) is 4. The van der Waals surface area contributed by atoms with Gasteiger partial charge in [-0.1, -0.05) is 13.8 Å². The predicted octanol–water partition coefficient (Wildman–Crippen LogP) is 0.827. The van der Waals surface area contributed by atoms with E-state index in [0.29, 0.717) is 11.7 Å². The molecule has 5 heteroatoms. The SMILES string of the molecule is CCCn1ccnc(N2CCC(C)C(N)C2)c1=O. The van der Waals surface area contributed by atoms with Crippen LogP contribution in [0.15, 0.2) is 17.2 Å². The summed E-state index contributed by atoms with van der Waals surface area (Å²) in [6.07, 6.45) is 5.42. The largest absolute Gasteiger partial charge is 0.350 e. The molecule has 2 atom stereocenters. The van der Waals surface area contributed by atoms with Crippen LogP contribution in [0, 0.1) is 5.92 Å². The molecular formula is C13H22N4O. The van der Waals surface area contributed by atoms with Crippen molar-refractivity contribution >= 4 is 5.82 Å². The smallest absolute Gasteiger partial charge is 0.293 e. The Morgan fingerprint density at radius 2 is 2.33 bits per heavy atom. The lowest BCUT2D eigenvalue weighted by Crippen LogP contribution is -2.49. The molecule has 2 N–H and O–H groups in total. The van der Waals surface area contributed by atoms with Gasteiger partial charge < -0.3 is 15.2 Å². The molecule has 100 valence electrons. The number of aryl methyl sites for hydroxylation is 1. The molecule has 0 bridgehead atoms. The van der Waals surface area contributed by atoms with Crippen molar-refractivity contribution in [2.45, 2.75) is 39.3 Å². The van der Waals surface area contributed by atoms with E-state index in [9.17, 15) is 4.79 Å². The summed E-state index contributed by atoms with van der Waals surface area (Å²) < 4.78 is 1.73. The van der Waals surface area contributed by atoms with Crippen LogP contribution in [0.4, 0.5) is 5.82 Å². The number of hydrogen-bond donors (Lipinski definition) is 1. The first kappa shape index (κ1) is 13.1. The van der Waals surface area contributed by atoms with Crippen LogP contribution >= 0.6 is 0 Å². The molecule has 18 heavy (non-hydrogen) atoms. The zero-order valence-corrected chi connectivity index (χ0v) is 11.2. The van der Waals surface area contributed by atoms with E-state index in [2.05, 4.69) is 18.8 Å². The minimum absolute atomic E-state index is 0.00102. The first-order valence-corrected chi connectivity index (χ1v) is 6.69. The summed E-state index contributed by atoms with van der Waals surface area (Å²) in [5, 5.41) is 0. The molecule has 1 aromatic heterocycles. The van der Waals surface area contributed by atoms with E-state index in [1.807, 2.05) is 4.90 Å². The Morgan fingerprint density at radius 3 is 3.00 bits per heavy atom. The van der Waals surface area contributed by atoms with Crippen LogP contribution < -0.4 is 16.2 Å². The highest BCUT2D eigenvalue weighted by molar-refractivity contribution is 5.36. The van der Waals surface area contributed by atoms with Crippen molar-refractivity contribution in [1.82, 2.24) is 9.55 Å². The Hall–Kier alpha value is -1.36. The maximum atomic E-state index is 12.3. The van der Waals surface area contributed by atoms with Crippen LogP contribution in [0.3, 0.4) is 0 Å². The van der Waals surface area contributed by atoms with Crippen molar-refractivity contribution in [1.29, 1.82) is 0 Å². The Kier molecular flexibility index (Phi) is 4.01. The zero-order valence-electron chi connectivity index (χ0n) is 11.2. The maximum absolute atomic E-state index is 12.3. The van der Waals surface area contributed by atoms with E-state index in [1.165, 1.54) is 0 Å². The number of piperidine rings is 1. The van der Waals surface area contributed by atoms with Gasteiger partial charge in [-0.3, -0.25) is 4.79 Å². The summed E-state index contributed by atoms with van der Waals surface area (Å²) >= 11 is 0. The minimum Gasteiger partial charge on any atom is -0.350 e. The molecule has 5 nitrogen and oxygen atoms in total. The summed E-state index contributed by atoms with van der Waals surface area (Å²) in [7, 11) is 0. The van der Waals surface area contributed by atoms with Gasteiger partial charge in [0.15, 0.2) is 5.82 Å². The number of rotatable bonds is 3. The van der Waals surface area contributed by atoms with Gasteiger partial charge in [0.1, 0.15) is 0 Å². The second kappa shape index (κ2) is 5.52. The molecule has 0 radical (unpaired) electrons. The van der Waals surface area contributed by atoms with Crippen LogP contribution in [-0.2, 0) is 6.54 Å². The van der Waals surface area contributed by atoms with E-state index in [0.717, 1.165) is 32.5 Å². The summed E-state index contributed by atoms with van der Waals surface area (Å²) in [6.45, 7) is 6.55. The molecule has 2 rings (SSSR count). The van der Waals surface area contributed by atoms with E-state index >= 15 is 0 Å². The summed E-state index contributed by atoms with van der Waals surface area (Å²) in [5.41, 5.74) is 6.08. The fourth-order valence-electron chi connectivity index (χ4n) is 2.36. The molecule has 2 unspecified atom stereocenters. The first-order chi connectivity index (χ1) is 8.63. The third-order valence-electron chi connectivity index (χ3n) is 3.68. The van der Waals surface area contributed by atoms with Gasteiger partial charge in [-0.25, -0.2) is 4.98 Å². The van der Waals surface area contributed by atoms with E-state index in [4.69, 9.17) is 5.73 Å². The number of nitrogens with two attached hydrogens (primary N) is 1. The monoisotopic (exact) mass is 250 g/mol. The van der Waals surface area contributed by atoms with Crippen molar-refractivity contribution in [2.24, 2.45) is 11.7 Å². The van der Waals surface area contributed by atoms with E-state index in [1.54, 1.807) is 17.0 Å². The summed E-state index contributed by atoms with van der Waals surface area (Å²) in [5.74, 6) is 1.07. The molecule has 1 fully saturated rings. The quantitative estimate of drug-likeness (QED) is 0.863. The van der Waals surface area contributed by atoms with Gasteiger partial charge in [-0.2, -0.15) is 0 Å². The van der Waals surface area contributed by atoms with Crippen molar-refractivity contribution in [2.75, 3.05) is 18.0 Å². The van der Waals surface area contributed by atoms with Crippen LogP contribution in [0.5, 0.6) is 0 Å². The Labute approximate surface area is 108 Å². The van der Waals surface area contributed by atoms with Crippen molar-refractivity contribution in [3.63, 3.8) is 0 Å². The van der Waals surface area contributed by atoms with Gasteiger partial charge in [0.25, 0.3) is 5.56 Å². The molecule has 2 heterocycles. The molecule has 0 aliphatic carbocycles. The fraction of sp³-hybridized carbons (Fsp3) is 0.692. The van der Waals surface area contributed by atoms with Crippen LogP contribution in [0.2, 0.25) is 0 Å². The highest BCUT2D eigenvalue weighted by Gasteiger charge is 2.25. The molecule has 0 spiro atoms. The minimum atomic E-state index is 0.00102. The molecule has 1 aromatic rings. The van der Waals surface area contributed by atoms with E-state index in [-0.39, 0.29) is 11.6 Å². The molecule has 0 saturated carbocycles. The summed E-state index contributed by atoms with van der Waals surface area (Å²) in [6, 6.07) is 0.125. The Balaban J connectivity index is 2.23. The van der Waals surface area contributed by atoms with Gasteiger partial charge >= 0.3 is 0 Å². The van der Waals surface area contributed by atoms with Crippen molar-refractivity contribution < 1.29 is 0 Å². The van der Waals surface area contributed by atoms with Gasteiger partial charge in [0, 0.05) is 38.1 Å². The molecule has 0 aromatic carbocycles. The molecular weight excluding hydrogens is 228 g/mol. The standard InChI is InChI=1S/C13H22N4O/c1-3-6-16-8-5-15-12(13(16)18)17-7-4-10(2)11(14)9-17/h5,8,10-11H,3-4,6-7,9,14H2,1-2H3. The van der Waals surface area contributed by atoms with Gasteiger partial charge in [0.2, 0.25) is 0 Å². The molecule has 1 aliphatic rings. The predicted molar refractivity (Wildman–Crippen MR) is 72.8 cm³/mol. The average Bonchev–Trinajstić information content (AvgIpc) is 2.36. The van der Waals surface area contributed by atoms with Crippen LogP contribution in [0.1, 0.15) is 26.7 Å². The highest BCUT2D eigenvalue weighted by atomic mass is 16.1. The van der Waals surface area contributed by atoms with Gasteiger partial charge in [-0.05, 0) is 18.8 Å². The molecule has 1 saturated heterocycles. The lowest BCUT2D eigenvalue weighted by Gasteiger charge is -2.35.